The number of carbonyl (C=O) groups excluding carboxylic acids is 1. The molecule has 8 heteroatoms. The fourth-order valence-electron chi connectivity index (χ4n) is 3.43. The largest absolute Gasteiger partial charge is 0.478 e. The van der Waals surface area contributed by atoms with Gasteiger partial charge in [0.1, 0.15) is 11.5 Å². The summed E-state index contributed by atoms with van der Waals surface area (Å²) in [6.45, 7) is 6.10. The van der Waals surface area contributed by atoms with Crippen LogP contribution in [0.15, 0.2) is 24.7 Å². The van der Waals surface area contributed by atoms with Crippen LogP contribution < -0.4 is 4.90 Å². The Labute approximate surface area is 155 Å². The number of hydrogen-bond acceptors (Lipinski definition) is 6. The number of ether oxygens (including phenoxy) is 1. The Balaban J connectivity index is 2.12. The summed E-state index contributed by atoms with van der Waals surface area (Å²) in [5.41, 5.74) is -0.111. The van der Waals surface area contributed by atoms with Crippen LogP contribution in [0.25, 0.3) is 0 Å². The number of rotatable bonds is 4. The molecule has 1 fully saturated rings. The molecule has 1 aliphatic rings. The molecular formula is C19H20FN3O4. The zero-order valence-corrected chi connectivity index (χ0v) is 15.3. The third-order valence-corrected chi connectivity index (χ3v) is 4.47. The second-order valence-corrected chi connectivity index (χ2v) is 6.65. The molecule has 0 aliphatic carbocycles. The molecule has 0 unspecified atom stereocenters. The Bertz CT molecular complexity index is 878. The Morgan fingerprint density at radius 1 is 1.22 bits per heavy atom. The Kier molecular flexibility index (Phi) is 5.18. The van der Waals surface area contributed by atoms with Gasteiger partial charge in [0, 0.05) is 31.0 Å². The van der Waals surface area contributed by atoms with Gasteiger partial charge >= 0.3 is 5.97 Å². The summed E-state index contributed by atoms with van der Waals surface area (Å²) in [6, 6.07) is 1.09. The minimum atomic E-state index is -1.23. The number of anilines is 1. The van der Waals surface area contributed by atoms with E-state index in [9.17, 15) is 14.7 Å². The summed E-state index contributed by atoms with van der Waals surface area (Å²) < 4.78 is 20.7. The van der Waals surface area contributed by atoms with Crippen LogP contribution in [0.2, 0.25) is 0 Å². The highest BCUT2D eigenvalue weighted by Gasteiger charge is 2.30. The quantitative estimate of drug-likeness (QED) is 0.823. The fourth-order valence-corrected chi connectivity index (χ4v) is 3.43. The molecule has 1 aliphatic heterocycles. The van der Waals surface area contributed by atoms with E-state index in [4.69, 9.17) is 4.74 Å². The lowest BCUT2D eigenvalue weighted by Crippen LogP contribution is -2.46. The summed E-state index contributed by atoms with van der Waals surface area (Å²) in [4.78, 5) is 34.0. The number of carbonyl (C=O) groups is 2. The monoisotopic (exact) mass is 373 g/mol. The van der Waals surface area contributed by atoms with Gasteiger partial charge in [-0.2, -0.15) is 0 Å². The first-order valence-electron chi connectivity index (χ1n) is 8.57. The van der Waals surface area contributed by atoms with E-state index < -0.39 is 17.6 Å². The molecule has 27 heavy (non-hydrogen) atoms. The Morgan fingerprint density at radius 2 is 1.89 bits per heavy atom. The average molecular weight is 373 g/mol. The first-order valence-corrected chi connectivity index (χ1v) is 8.57. The first kappa shape index (κ1) is 18.9. The van der Waals surface area contributed by atoms with Gasteiger partial charge in [0.15, 0.2) is 0 Å². The number of ketones is 1. The highest BCUT2D eigenvalue weighted by Crippen LogP contribution is 2.33. The Morgan fingerprint density at radius 3 is 2.44 bits per heavy atom. The van der Waals surface area contributed by atoms with Crippen molar-refractivity contribution in [3.8, 4) is 0 Å². The van der Waals surface area contributed by atoms with Crippen molar-refractivity contribution in [2.45, 2.75) is 33.0 Å². The number of benzene rings is 1. The lowest BCUT2D eigenvalue weighted by molar-refractivity contribution is -0.00537. The third-order valence-electron chi connectivity index (χ3n) is 4.47. The molecule has 0 radical (unpaired) electrons. The Hall–Kier alpha value is -2.87. The normalized spacial score (nSPS) is 19.8. The van der Waals surface area contributed by atoms with Crippen LogP contribution in [-0.4, -0.2) is 52.1 Å². The van der Waals surface area contributed by atoms with Gasteiger partial charge in [0.25, 0.3) is 0 Å². The number of carboxylic acid groups (broad SMARTS) is 1. The summed E-state index contributed by atoms with van der Waals surface area (Å²) >= 11 is 0. The maximum atomic E-state index is 15.1. The van der Waals surface area contributed by atoms with E-state index in [1.807, 2.05) is 13.8 Å². The molecule has 1 aromatic heterocycles. The minimum Gasteiger partial charge on any atom is -0.478 e. The van der Waals surface area contributed by atoms with Gasteiger partial charge in [-0.3, -0.25) is 9.78 Å². The maximum absolute atomic E-state index is 15.1. The van der Waals surface area contributed by atoms with Crippen molar-refractivity contribution in [1.29, 1.82) is 0 Å². The van der Waals surface area contributed by atoms with Crippen LogP contribution in [0.5, 0.6) is 0 Å². The topological polar surface area (TPSA) is 92.6 Å². The van der Waals surface area contributed by atoms with E-state index in [0.717, 1.165) is 6.07 Å². The van der Waals surface area contributed by atoms with Crippen LogP contribution in [0, 0.1) is 12.7 Å². The molecule has 1 N–H and O–H groups in total. The van der Waals surface area contributed by atoms with Gasteiger partial charge in [-0.1, -0.05) is 0 Å². The molecule has 0 bridgehead atoms. The van der Waals surface area contributed by atoms with Crippen molar-refractivity contribution in [1.82, 2.24) is 9.97 Å². The number of halogens is 1. The van der Waals surface area contributed by atoms with Gasteiger partial charge in [-0.15, -0.1) is 0 Å². The van der Waals surface area contributed by atoms with Crippen LogP contribution >= 0.6 is 0 Å². The third kappa shape index (κ3) is 3.66. The fraction of sp³-hybridized carbons (Fsp3) is 0.368. The van der Waals surface area contributed by atoms with Crippen LogP contribution in [0.3, 0.4) is 0 Å². The predicted molar refractivity (Wildman–Crippen MR) is 95.8 cm³/mol. The highest BCUT2D eigenvalue weighted by atomic mass is 19.1. The molecule has 1 aromatic carbocycles. The average Bonchev–Trinajstić information content (AvgIpc) is 2.62. The van der Waals surface area contributed by atoms with Crippen LogP contribution in [0.4, 0.5) is 10.1 Å². The molecule has 2 atom stereocenters. The molecule has 142 valence electrons. The van der Waals surface area contributed by atoms with Gasteiger partial charge in [-0.25, -0.2) is 14.2 Å². The molecular weight excluding hydrogens is 353 g/mol. The first-order chi connectivity index (χ1) is 12.8. The van der Waals surface area contributed by atoms with E-state index in [1.54, 1.807) is 4.90 Å². The molecule has 2 aromatic rings. The van der Waals surface area contributed by atoms with Gasteiger partial charge in [0.2, 0.25) is 5.78 Å². The summed E-state index contributed by atoms with van der Waals surface area (Å²) in [7, 11) is 0. The number of hydrogen-bond donors (Lipinski definition) is 1. The molecule has 0 spiro atoms. The predicted octanol–water partition coefficient (Wildman–Crippen LogP) is 2.47. The molecule has 7 nitrogen and oxygen atoms in total. The molecule has 2 heterocycles. The van der Waals surface area contributed by atoms with E-state index in [1.165, 1.54) is 25.5 Å². The molecule has 3 rings (SSSR count). The number of nitrogens with zero attached hydrogens (tertiary/aromatic N) is 3. The van der Waals surface area contributed by atoms with E-state index in [-0.39, 0.29) is 40.3 Å². The lowest BCUT2D eigenvalue weighted by atomic mass is 9.97. The van der Waals surface area contributed by atoms with Gasteiger partial charge in [0.05, 0.1) is 35.2 Å². The van der Waals surface area contributed by atoms with E-state index in [2.05, 4.69) is 9.97 Å². The zero-order chi connectivity index (χ0) is 19.7. The van der Waals surface area contributed by atoms with Crippen molar-refractivity contribution in [3.63, 3.8) is 0 Å². The van der Waals surface area contributed by atoms with Crippen molar-refractivity contribution in [3.05, 3.63) is 52.9 Å². The number of aromatic nitrogens is 2. The van der Waals surface area contributed by atoms with Crippen molar-refractivity contribution >= 4 is 17.4 Å². The lowest BCUT2D eigenvalue weighted by Gasteiger charge is -2.38. The summed E-state index contributed by atoms with van der Waals surface area (Å²) in [5.74, 6) is -2.69. The van der Waals surface area contributed by atoms with Crippen molar-refractivity contribution < 1.29 is 23.8 Å². The zero-order valence-electron chi connectivity index (χ0n) is 15.3. The SMILES string of the molecule is Cc1c(F)c(C(=O)c2cnccn2)cc(C(=O)O)c1N1C[C@@H](C)O[C@@H](C)C1. The van der Waals surface area contributed by atoms with E-state index in [0.29, 0.717) is 13.1 Å². The van der Waals surface area contributed by atoms with Gasteiger partial charge < -0.3 is 14.7 Å². The molecule has 0 amide bonds. The van der Waals surface area contributed by atoms with Crippen molar-refractivity contribution in [2.75, 3.05) is 18.0 Å². The highest BCUT2D eigenvalue weighted by molar-refractivity contribution is 6.10. The summed E-state index contributed by atoms with van der Waals surface area (Å²) in [6.07, 6.45) is 3.68. The number of aromatic carboxylic acids is 1. The van der Waals surface area contributed by atoms with Crippen LogP contribution in [0.1, 0.15) is 45.8 Å². The number of morpholine rings is 1. The van der Waals surface area contributed by atoms with E-state index >= 15 is 4.39 Å². The maximum Gasteiger partial charge on any atom is 0.337 e. The second-order valence-electron chi connectivity index (χ2n) is 6.65. The smallest absolute Gasteiger partial charge is 0.337 e. The summed E-state index contributed by atoms with van der Waals surface area (Å²) in [5, 5.41) is 9.70. The molecule has 1 saturated heterocycles. The van der Waals surface area contributed by atoms with Crippen molar-refractivity contribution in [2.24, 2.45) is 0 Å². The van der Waals surface area contributed by atoms with Crippen LogP contribution in [-0.2, 0) is 4.74 Å². The minimum absolute atomic E-state index is 0.0477. The van der Waals surface area contributed by atoms with Gasteiger partial charge in [-0.05, 0) is 26.8 Å². The standard InChI is InChI=1S/C19H20FN3O4/c1-10-8-23(9-11(2)27-10)17-12(3)16(20)13(6-14(17)19(25)26)18(24)15-7-21-4-5-22-15/h4-7,10-11H,8-9H2,1-3H3,(H,25,26)/t10-,11+. The molecule has 0 saturated carbocycles. The second kappa shape index (κ2) is 7.40. The number of carboxylic acids is 1.